The lowest BCUT2D eigenvalue weighted by Gasteiger charge is -2.29. The first-order valence-electron chi connectivity index (χ1n) is 9.70. The van der Waals surface area contributed by atoms with E-state index < -0.39 is 5.60 Å². The molecule has 1 aliphatic rings. The summed E-state index contributed by atoms with van der Waals surface area (Å²) in [6.07, 6.45) is 7.17. The predicted molar refractivity (Wildman–Crippen MR) is 101 cm³/mol. The minimum atomic E-state index is -0.438. The average molecular weight is 341 g/mol. The summed E-state index contributed by atoms with van der Waals surface area (Å²) in [6, 6.07) is 0.756. The molecule has 0 bridgehead atoms. The van der Waals surface area contributed by atoms with Crippen molar-refractivity contribution in [3.63, 3.8) is 0 Å². The predicted octanol–water partition coefficient (Wildman–Crippen LogP) is 4.87. The highest BCUT2D eigenvalue weighted by Gasteiger charge is 2.27. The number of ether oxygens (including phenoxy) is 1. The average Bonchev–Trinajstić information content (AvgIpc) is 2.61. The zero-order valence-electron chi connectivity index (χ0n) is 17.0. The number of amides is 1. The summed E-state index contributed by atoms with van der Waals surface area (Å²) < 4.78 is 5.29. The van der Waals surface area contributed by atoms with Crippen molar-refractivity contribution in [2.24, 2.45) is 11.3 Å². The number of rotatable bonds is 5. The molecule has 3 atom stereocenters. The van der Waals surface area contributed by atoms with Gasteiger partial charge in [-0.2, -0.15) is 0 Å². The molecule has 0 radical (unpaired) electrons. The molecule has 3 unspecified atom stereocenters. The third-order valence-electron chi connectivity index (χ3n) is 4.97. The van der Waals surface area contributed by atoms with Crippen molar-refractivity contribution in [3.05, 3.63) is 0 Å². The normalized spacial score (nSPS) is 24.1. The molecule has 0 aromatic rings. The van der Waals surface area contributed by atoms with Gasteiger partial charge in [0.15, 0.2) is 0 Å². The summed E-state index contributed by atoms with van der Waals surface area (Å²) in [5.74, 6) is 0.844. The monoisotopic (exact) mass is 340 g/mol. The van der Waals surface area contributed by atoms with Crippen molar-refractivity contribution in [2.45, 2.75) is 105 Å². The van der Waals surface area contributed by atoms with E-state index in [1.165, 1.54) is 32.1 Å². The molecule has 1 aliphatic carbocycles. The van der Waals surface area contributed by atoms with Gasteiger partial charge in [0.1, 0.15) is 5.60 Å². The van der Waals surface area contributed by atoms with Crippen molar-refractivity contribution < 1.29 is 9.53 Å². The summed E-state index contributed by atoms with van der Waals surface area (Å²) in [5.41, 5.74) is -0.00721. The first kappa shape index (κ1) is 21.3. The van der Waals surface area contributed by atoms with Gasteiger partial charge < -0.3 is 15.4 Å². The highest BCUT2D eigenvalue weighted by molar-refractivity contribution is 5.67. The van der Waals surface area contributed by atoms with Crippen LogP contribution < -0.4 is 10.6 Å². The Bertz CT molecular complexity index is 382. The third-order valence-corrected chi connectivity index (χ3v) is 4.97. The van der Waals surface area contributed by atoms with Crippen molar-refractivity contribution in [1.82, 2.24) is 10.6 Å². The van der Waals surface area contributed by atoms with Gasteiger partial charge in [-0.25, -0.2) is 4.79 Å². The summed E-state index contributed by atoms with van der Waals surface area (Å²) in [5, 5.41) is 6.61. The van der Waals surface area contributed by atoms with Gasteiger partial charge in [-0.1, -0.05) is 27.2 Å². The Balaban J connectivity index is 2.24. The standard InChI is InChI=1S/C20H40N2O2/c1-15(22-18(23)24-20(5,6)7)13-14-21-17-10-8-9-16(11-12-17)19(2,3)4/h15-17,21H,8-14H2,1-7H3,(H,22,23). The van der Waals surface area contributed by atoms with Crippen molar-refractivity contribution >= 4 is 6.09 Å². The molecular weight excluding hydrogens is 300 g/mol. The van der Waals surface area contributed by atoms with Crippen LogP contribution in [0.4, 0.5) is 4.79 Å². The van der Waals surface area contributed by atoms with Gasteiger partial charge >= 0.3 is 6.09 Å². The molecule has 4 nitrogen and oxygen atoms in total. The van der Waals surface area contributed by atoms with Gasteiger partial charge in [-0.3, -0.25) is 0 Å². The van der Waals surface area contributed by atoms with E-state index in [0.717, 1.165) is 18.9 Å². The second kappa shape index (κ2) is 9.07. The lowest BCUT2D eigenvalue weighted by molar-refractivity contribution is 0.0506. The molecule has 1 saturated carbocycles. The molecule has 2 N–H and O–H groups in total. The molecule has 0 aliphatic heterocycles. The molecule has 142 valence electrons. The Morgan fingerprint density at radius 3 is 2.33 bits per heavy atom. The molecule has 1 amide bonds. The topological polar surface area (TPSA) is 50.4 Å². The van der Waals surface area contributed by atoms with Gasteiger partial charge in [0.2, 0.25) is 0 Å². The van der Waals surface area contributed by atoms with Crippen LogP contribution in [0.5, 0.6) is 0 Å². The fraction of sp³-hybridized carbons (Fsp3) is 0.950. The molecular formula is C20H40N2O2. The van der Waals surface area contributed by atoms with E-state index in [2.05, 4.69) is 31.4 Å². The van der Waals surface area contributed by atoms with Crippen LogP contribution in [-0.2, 0) is 4.74 Å². The van der Waals surface area contributed by atoms with E-state index >= 15 is 0 Å². The van der Waals surface area contributed by atoms with Crippen LogP contribution in [0.25, 0.3) is 0 Å². The van der Waals surface area contributed by atoms with E-state index in [9.17, 15) is 4.79 Å². The number of nitrogens with one attached hydrogen (secondary N) is 2. The van der Waals surface area contributed by atoms with E-state index in [1.807, 2.05) is 27.7 Å². The van der Waals surface area contributed by atoms with E-state index in [1.54, 1.807) is 0 Å². The van der Waals surface area contributed by atoms with Crippen LogP contribution in [-0.4, -0.2) is 30.3 Å². The van der Waals surface area contributed by atoms with E-state index in [0.29, 0.717) is 11.5 Å². The number of hydrogen-bond acceptors (Lipinski definition) is 3. The summed E-state index contributed by atoms with van der Waals surface area (Å²) in [4.78, 5) is 11.8. The molecule has 1 fully saturated rings. The molecule has 0 heterocycles. The lowest BCUT2D eigenvalue weighted by atomic mass is 9.76. The van der Waals surface area contributed by atoms with E-state index in [4.69, 9.17) is 4.74 Å². The first-order chi connectivity index (χ1) is 11.0. The third kappa shape index (κ3) is 8.91. The quantitative estimate of drug-likeness (QED) is 0.702. The summed E-state index contributed by atoms with van der Waals surface area (Å²) in [7, 11) is 0. The van der Waals surface area contributed by atoms with Gasteiger partial charge in [-0.05, 0) is 77.7 Å². The maximum Gasteiger partial charge on any atom is 0.407 e. The van der Waals surface area contributed by atoms with Gasteiger partial charge in [-0.15, -0.1) is 0 Å². The molecule has 0 aromatic carbocycles. The zero-order valence-corrected chi connectivity index (χ0v) is 17.0. The molecule has 24 heavy (non-hydrogen) atoms. The van der Waals surface area contributed by atoms with Crippen LogP contribution in [0.15, 0.2) is 0 Å². The maximum absolute atomic E-state index is 11.8. The van der Waals surface area contributed by atoms with Crippen molar-refractivity contribution in [1.29, 1.82) is 0 Å². The Morgan fingerprint density at radius 2 is 1.75 bits per heavy atom. The summed E-state index contributed by atoms with van der Waals surface area (Å²) in [6.45, 7) is 15.7. The van der Waals surface area contributed by atoms with Crippen LogP contribution in [0.1, 0.15) is 87.0 Å². The van der Waals surface area contributed by atoms with Gasteiger partial charge in [0, 0.05) is 12.1 Å². The van der Waals surface area contributed by atoms with E-state index in [-0.39, 0.29) is 12.1 Å². The molecule has 0 spiro atoms. The fourth-order valence-corrected chi connectivity index (χ4v) is 3.46. The number of hydrogen-bond donors (Lipinski definition) is 2. The molecule has 4 heteroatoms. The lowest BCUT2D eigenvalue weighted by Crippen LogP contribution is -2.40. The Hall–Kier alpha value is -0.770. The Morgan fingerprint density at radius 1 is 1.08 bits per heavy atom. The van der Waals surface area contributed by atoms with Crippen LogP contribution in [0.2, 0.25) is 0 Å². The number of carbonyl (C=O) groups is 1. The molecule has 1 rings (SSSR count). The Kier molecular flexibility index (Phi) is 8.04. The van der Waals surface area contributed by atoms with Crippen molar-refractivity contribution in [2.75, 3.05) is 6.54 Å². The van der Waals surface area contributed by atoms with Crippen LogP contribution in [0, 0.1) is 11.3 Å². The molecule has 0 aromatic heterocycles. The summed E-state index contributed by atoms with van der Waals surface area (Å²) >= 11 is 0. The molecule has 0 saturated heterocycles. The fourth-order valence-electron chi connectivity index (χ4n) is 3.46. The first-order valence-corrected chi connectivity index (χ1v) is 9.70. The number of carbonyl (C=O) groups excluding carboxylic acids is 1. The highest BCUT2D eigenvalue weighted by Crippen LogP contribution is 2.36. The van der Waals surface area contributed by atoms with Crippen LogP contribution >= 0.6 is 0 Å². The van der Waals surface area contributed by atoms with Gasteiger partial charge in [0.25, 0.3) is 0 Å². The number of alkyl carbamates (subject to hydrolysis) is 1. The van der Waals surface area contributed by atoms with Gasteiger partial charge in [0.05, 0.1) is 0 Å². The minimum Gasteiger partial charge on any atom is -0.444 e. The highest BCUT2D eigenvalue weighted by atomic mass is 16.6. The second-order valence-electron chi connectivity index (χ2n) is 9.56. The van der Waals surface area contributed by atoms with Crippen molar-refractivity contribution in [3.8, 4) is 0 Å². The Labute approximate surface area is 149 Å². The second-order valence-corrected chi connectivity index (χ2v) is 9.56. The largest absolute Gasteiger partial charge is 0.444 e. The van der Waals surface area contributed by atoms with Crippen LogP contribution in [0.3, 0.4) is 0 Å². The smallest absolute Gasteiger partial charge is 0.407 e. The maximum atomic E-state index is 11.8. The SMILES string of the molecule is CC(CCNC1CCCC(C(C)(C)C)CC1)NC(=O)OC(C)(C)C. The zero-order chi connectivity index (χ0) is 18.4. The minimum absolute atomic E-state index is 0.125.